The van der Waals surface area contributed by atoms with Crippen LogP contribution in [0, 0.1) is 6.92 Å². The number of esters is 1. The first kappa shape index (κ1) is 22.3. The van der Waals surface area contributed by atoms with Crippen LogP contribution < -0.4 is 10.6 Å². The molecule has 0 saturated carbocycles. The van der Waals surface area contributed by atoms with Crippen LogP contribution in [-0.4, -0.2) is 46.3 Å². The van der Waals surface area contributed by atoms with E-state index in [-0.39, 0.29) is 30.3 Å². The molecule has 8 nitrogen and oxygen atoms in total. The lowest BCUT2D eigenvalue weighted by atomic mass is 9.87. The maximum Gasteiger partial charge on any atom is 0.350 e. The Bertz CT molecular complexity index is 802. The van der Waals surface area contributed by atoms with Gasteiger partial charge in [-0.25, -0.2) is 9.78 Å². The fourth-order valence-electron chi connectivity index (χ4n) is 3.30. The molecule has 2 aromatic rings. The van der Waals surface area contributed by atoms with E-state index in [4.69, 9.17) is 4.74 Å². The number of carbonyl (C=O) groups is 2. The fourth-order valence-corrected chi connectivity index (χ4v) is 4.27. The lowest BCUT2D eigenvalue weighted by molar-refractivity contribution is -0.132. The number of hydrogen-bond donors (Lipinski definition) is 2. The maximum atomic E-state index is 13.2. The summed E-state index contributed by atoms with van der Waals surface area (Å²) in [6.45, 7) is 7.25. The van der Waals surface area contributed by atoms with Gasteiger partial charge in [0.1, 0.15) is 15.4 Å². The van der Waals surface area contributed by atoms with E-state index in [0.29, 0.717) is 35.0 Å². The molecule has 2 N–H and O–H groups in total. The Labute approximate surface area is 174 Å². The predicted octanol–water partition coefficient (Wildman–Crippen LogP) is 2.20. The van der Waals surface area contributed by atoms with Crippen LogP contribution in [0.25, 0.3) is 0 Å². The molecule has 1 unspecified atom stereocenters. The van der Waals surface area contributed by atoms with Crippen molar-refractivity contribution in [3.05, 3.63) is 34.0 Å². The van der Waals surface area contributed by atoms with Crippen LogP contribution in [0.15, 0.2) is 18.5 Å². The number of carbonyl (C=O) groups excluding carboxylic acids is 2. The Morgan fingerprint density at radius 1 is 1.43 bits per heavy atom. The summed E-state index contributed by atoms with van der Waals surface area (Å²) in [4.78, 5) is 30.2. The summed E-state index contributed by atoms with van der Waals surface area (Å²) in [6.07, 6.45) is 4.86. The van der Waals surface area contributed by atoms with Crippen LogP contribution in [0.5, 0.6) is 0 Å². The van der Waals surface area contributed by atoms with E-state index in [1.54, 1.807) is 24.7 Å². The van der Waals surface area contributed by atoms with Crippen molar-refractivity contribution < 1.29 is 14.3 Å². The summed E-state index contributed by atoms with van der Waals surface area (Å²) in [5.41, 5.74) is -0.0857. The van der Waals surface area contributed by atoms with Gasteiger partial charge in [0, 0.05) is 12.4 Å². The van der Waals surface area contributed by atoms with E-state index in [1.807, 2.05) is 19.2 Å². The van der Waals surface area contributed by atoms with E-state index < -0.39 is 5.54 Å². The quantitative estimate of drug-likeness (QED) is 0.686. The summed E-state index contributed by atoms with van der Waals surface area (Å²) in [6, 6.07) is 1.52. The van der Waals surface area contributed by atoms with Crippen molar-refractivity contribution in [2.24, 2.45) is 0 Å². The van der Waals surface area contributed by atoms with Gasteiger partial charge in [-0.3, -0.25) is 9.48 Å². The van der Waals surface area contributed by atoms with Crippen LogP contribution in [0.2, 0.25) is 0 Å². The van der Waals surface area contributed by atoms with Crippen molar-refractivity contribution in [2.75, 3.05) is 19.7 Å². The number of aryl methyl sites for hydroxylation is 1. The van der Waals surface area contributed by atoms with Crippen LogP contribution in [0.3, 0.4) is 0 Å². The summed E-state index contributed by atoms with van der Waals surface area (Å²) in [7, 11) is 0. The van der Waals surface area contributed by atoms with Crippen molar-refractivity contribution in [1.29, 1.82) is 0 Å². The minimum atomic E-state index is -0.709. The van der Waals surface area contributed by atoms with Crippen LogP contribution in [-0.2, 0) is 15.1 Å². The number of halogens is 1. The smallest absolute Gasteiger partial charge is 0.350 e. The molecular formula is C18H26ClN5O3S. The number of thiazole rings is 1. The van der Waals surface area contributed by atoms with Gasteiger partial charge in [-0.15, -0.1) is 23.7 Å². The van der Waals surface area contributed by atoms with Gasteiger partial charge in [-0.2, -0.15) is 5.10 Å². The Morgan fingerprint density at radius 2 is 2.14 bits per heavy atom. The second-order valence-electron chi connectivity index (χ2n) is 6.61. The molecule has 3 heterocycles. The second kappa shape index (κ2) is 9.49. The van der Waals surface area contributed by atoms with Gasteiger partial charge in [0.05, 0.1) is 18.3 Å². The fraction of sp³-hybridized carbons (Fsp3) is 0.556. The third-order valence-corrected chi connectivity index (χ3v) is 6.11. The lowest BCUT2D eigenvalue weighted by Crippen LogP contribution is -2.55. The van der Waals surface area contributed by atoms with Gasteiger partial charge in [-0.05, 0) is 52.8 Å². The zero-order valence-electron chi connectivity index (χ0n) is 16.2. The number of amides is 1. The van der Waals surface area contributed by atoms with E-state index in [0.717, 1.165) is 13.1 Å². The maximum absolute atomic E-state index is 13.2. The molecule has 0 bridgehead atoms. The number of nitrogens with zero attached hydrogens (tertiary/aromatic N) is 3. The summed E-state index contributed by atoms with van der Waals surface area (Å²) in [5, 5.41) is 11.4. The largest absolute Gasteiger partial charge is 0.462 e. The molecule has 28 heavy (non-hydrogen) atoms. The first-order valence-corrected chi connectivity index (χ1v) is 9.96. The third-order valence-electron chi connectivity index (χ3n) is 4.79. The topological polar surface area (TPSA) is 98.1 Å². The Kier molecular flexibility index (Phi) is 7.56. The van der Waals surface area contributed by atoms with Gasteiger partial charge >= 0.3 is 5.97 Å². The van der Waals surface area contributed by atoms with E-state index in [9.17, 15) is 9.59 Å². The van der Waals surface area contributed by atoms with Crippen molar-refractivity contribution in [1.82, 2.24) is 25.4 Å². The summed E-state index contributed by atoms with van der Waals surface area (Å²) < 4.78 is 6.83. The number of hydrogen-bond acceptors (Lipinski definition) is 7. The van der Waals surface area contributed by atoms with Crippen molar-refractivity contribution in [2.45, 2.75) is 45.2 Å². The van der Waals surface area contributed by atoms with Gasteiger partial charge in [0.25, 0.3) is 0 Å². The van der Waals surface area contributed by atoms with Crippen LogP contribution >= 0.6 is 23.7 Å². The predicted molar refractivity (Wildman–Crippen MR) is 109 cm³/mol. The molecular weight excluding hydrogens is 402 g/mol. The molecule has 3 rings (SSSR count). The SMILES string of the molecule is CCOC(=O)c1sc(C(C)NC(=O)C2(n3cccn3)CCNCC2)nc1C.Cl. The van der Waals surface area contributed by atoms with Crippen LogP contribution in [0.1, 0.15) is 53.1 Å². The van der Waals surface area contributed by atoms with Crippen molar-refractivity contribution in [3.63, 3.8) is 0 Å². The first-order chi connectivity index (χ1) is 13.0. The highest BCUT2D eigenvalue weighted by Crippen LogP contribution is 2.30. The molecule has 1 aliphatic rings. The number of piperidine rings is 1. The van der Waals surface area contributed by atoms with Crippen molar-refractivity contribution >= 4 is 35.6 Å². The monoisotopic (exact) mass is 427 g/mol. The molecule has 1 atom stereocenters. The molecule has 10 heteroatoms. The normalized spacial score (nSPS) is 16.7. The lowest BCUT2D eigenvalue weighted by Gasteiger charge is -2.37. The Balaban J connectivity index is 0.00000280. The van der Waals surface area contributed by atoms with E-state index in [1.165, 1.54) is 11.3 Å². The minimum Gasteiger partial charge on any atom is -0.462 e. The van der Waals surface area contributed by atoms with Gasteiger partial charge in [0.2, 0.25) is 5.91 Å². The van der Waals surface area contributed by atoms with E-state index in [2.05, 4.69) is 20.7 Å². The van der Waals surface area contributed by atoms with Crippen LogP contribution in [0.4, 0.5) is 0 Å². The molecule has 2 aromatic heterocycles. The zero-order chi connectivity index (χ0) is 19.4. The van der Waals surface area contributed by atoms with Gasteiger partial charge in [-0.1, -0.05) is 0 Å². The molecule has 0 spiro atoms. The average Bonchev–Trinajstić information content (AvgIpc) is 3.32. The second-order valence-corrected chi connectivity index (χ2v) is 7.65. The molecule has 0 aliphatic carbocycles. The summed E-state index contributed by atoms with van der Waals surface area (Å²) >= 11 is 1.27. The molecule has 1 amide bonds. The molecule has 0 aromatic carbocycles. The highest BCUT2D eigenvalue weighted by atomic mass is 35.5. The zero-order valence-corrected chi connectivity index (χ0v) is 17.9. The summed E-state index contributed by atoms with van der Waals surface area (Å²) in [5.74, 6) is -0.450. The highest BCUT2D eigenvalue weighted by molar-refractivity contribution is 7.13. The number of aromatic nitrogens is 3. The highest BCUT2D eigenvalue weighted by Gasteiger charge is 2.42. The average molecular weight is 428 g/mol. The van der Waals surface area contributed by atoms with Gasteiger partial charge < -0.3 is 15.4 Å². The van der Waals surface area contributed by atoms with E-state index >= 15 is 0 Å². The Hall–Kier alpha value is -1.97. The molecule has 1 fully saturated rings. The molecule has 1 aliphatic heterocycles. The number of ether oxygens (including phenoxy) is 1. The number of nitrogens with one attached hydrogen (secondary N) is 2. The molecule has 0 radical (unpaired) electrons. The molecule has 1 saturated heterocycles. The minimum absolute atomic E-state index is 0. The standard InChI is InChI=1S/C18H25N5O3S.ClH/c1-4-26-16(24)14-12(2)21-15(27-14)13(3)22-17(25)18(6-9-19-10-7-18)23-11-5-8-20-23;/h5,8,11,13,19H,4,6-7,9-10H2,1-3H3,(H,22,25);1H. The first-order valence-electron chi connectivity index (χ1n) is 9.14. The third kappa shape index (κ3) is 4.37. The van der Waals surface area contributed by atoms with Crippen molar-refractivity contribution in [3.8, 4) is 0 Å². The number of rotatable bonds is 6. The van der Waals surface area contributed by atoms with Gasteiger partial charge in [0.15, 0.2) is 0 Å². The Morgan fingerprint density at radius 3 is 2.75 bits per heavy atom. The molecule has 154 valence electrons.